The molecule has 3 rings (SSSR count). The molecule has 24 heavy (non-hydrogen) atoms. The van der Waals surface area contributed by atoms with Crippen molar-refractivity contribution in [1.29, 1.82) is 0 Å². The van der Waals surface area contributed by atoms with Gasteiger partial charge in [-0.05, 0) is 79.0 Å². The Hall–Kier alpha value is -1.76. The summed E-state index contributed by atoms with van der Waals surface area (Å²) in [5, 5.41) is 0. The molecule has 0 heterocycles. The van der Waals surface area contributed by atoms with E-state index in [0.29, 0.717) is 0 Å². The maximum absolute atomic E-state index is 5.72. The summed E-state index contributed by atoms with van der Waals surface area (Å²) in [6, 6.07) is 9.13. The van der Waals surface area contributed by atoms with Crippen LogP contribution in [0.1, 0.15) is 61.4 Å². The summed E-state index contributed by atoms with van der Waals surface area (Å²) in [7, 11) is 1.78. The molecule has 1 heteroatoms. The molecule has 0 radical (unpaired) electrons. The fourth-order valence-electron chi connectivity index (χ4n) is 3.78. The zero-order valence-corrected chi connectivity index (χ0v) is 16.3. The van der Waals surface area contributed by atoms with Gasteiger partial charge in [0.25, 0.3) is 0 Å². The molecule has 2 aromatic rings. The number of ether oxygens (including phenoxy) is 1. The maximum atomic E-state index is 5.72. The topological polar surface area (TPSA) is 9.23 Å². The van der Waals surface area contributed by atoms with E-state index < -0.39 is 0 Å². The highest BCUT2D eigenvalue weighted by Crippen LogP contribution is 2.40. The lowest BCUT2D eigenvalue weighted by Gasteiger charge is -2.19. The van der Waals surface area contributed by atoms with Gasteiger partial charge in [-0.1, -0.05) is 45.4 Å². The Morgan fingerprint density at radius 3 is 2.25 bits per heavy atom. The van der Waals surface area contributed by atoms with Crippen LogP contribution in [0.25, 0.3) is 11.1 Å². The van der Waals surface area contributed by atoms with Crippen LogP contribution < -0.4 is 4.74 Å². The third-order valence-corrected chi connectivity index (χ3v) is 4.94. The quantitative estimate of drug-likeness (QED) is 0.628. The van der Waals surface area contributed by atoms with Gasteiger partial charge in [-0.2, -0.15) is 0 Å². The predicted molar refractivity (Wildman–Crippen MR) is 105 cm³/mol. The summed E-state index contributed by atoms with van der Waals surface area (Å²) in [5.74, 6) is 1.01. The van der Waals surface area contributed by atoms with Crippen molar-refractivity contribution in [2.45, 2.75) is 66.7 Å². The Morgan fingerprint density at radius 1 is 0.958 bits per heavy atom. The molecule has 0 bridgehead atoms. The predicted octanol–water partition coefficient (Wildman–Crippen LogP) is 6.45. The van der Waals surface area contributed by atoms with Crippen LogP contribution in [0.3, 0.4) is 0 Å². The zero-order chi connectivity index (χ0) is 17.7. The van der Waals surface area contributed by atoms with Crippen molar-refractivity contribution < 1.29 is 4.74 Å². The van der Waals surface area contributed by atoms with E-state index in [4.69, 9.17) is 4.74 Å². The van der Waals surface area contributed by atoms with Crippen LogP contribution in [-0.2, 0) is 19.3 Å². The van der Waals surface area contributed by atoms with Gasteiger partial charge >= 0.3 is 0 Å². The number of rotatable bonds is 4. The summed E-state index contributed by atoms with van der Waals surface area (Å²) in [6.07, 6.45) is 6.02. The summed E-state index contributed by atoms with van der Waals surface area (Å²) in [5.41, 5.74) is 9.96. The first-order valence-corrected chi connectivity index (χ1v) is 9.45. The van der Waals surface area contributed by atoms with E-state index in [2.05, 4.69) is 45.0 Å². The summed E-state index contributed by atoms with van der Waals surface area (Å²) < 4.78 is 5.72. The van der Waals surface area contributed by atoms with E-state index in [-0.39, 0.29) is 0 Å². The van der Waals surface area contributed by atoms with Crippen molar-refractivity contribution in [3.8, 4) is 16.9 Å². The second-order valence-corrected chi connectivity index (χ2v) is 6.48. The standard InChI is InChI=1S/C21H26O.C2H6/c1-5-7-18-14(2)10-11-20(22-4)21(18)19-13-17-9-6-8-16(17)12-15(19)3;1-2/h10-13H,5-9H2,1-4H3;1-2H3. The van der Waals surface area contributed by atoms with Crippen molar-refractivity contribution in [3.63, 3.8) is 0 Å². The fraction of sp³-hybridized carbons (Fsp3) is 0.478. The van der Waals surface area contributed by atoms with E-state index in [0.717, 1.165) is 18.6 Å². The molecule has 130 valence electrons. The van der Waals surface area contributed by atoms with Gasteiger partial charge in [0.1, 0.15) is 5.75 Å². The van der Waals surface area contributed by atoms with Gasteiger partial charge in [-0.25, -0.2) is 0 Å². The number of fused-ring (bicyclic) bond motifs is 1. The van der Waals surface area contributed by atoms with Gasteiger partial charge in [0, 0.05) is 5.56 Å². The highest BCUT2D eigenvalue weighted by atomic mass is 16.5. The first-order chi connectivity index (χ1) is 11.7. The molecule has 1 aliphatic rings. The normalized spacial score (nSPS) is 12.4. The lowest BCUT2D eigenvalue weighted by Crippen LogP contribution is -2.00. The molecule has 0 saturated heterocycles. The Labute approximate surface area is 148 Å². The maximum Gasteiger partial charge on any atom is 0.126 e. The highest BCUT2D eigenvalue weighted by Gasteiger charge is 2.19. The molecule has 0 atom stereocenters. The number of aryl methyl sites for hydroxylation is 4. The molecule has 0 saturated carbocycles. The lowest BCUT2D eigenvalue weighted by atomic mass is 9.88. The van der Waals surface area contributed by atoms with Gasteiger partial charge in [-0.3, -0.25) is 0 Å². The molecule has 0 aliphatic heterocycles. The smallest absolute Gasteiger partial charge is 0.126 e. The van der Waals surface area contributed by atoms with Gasteiger partial charge in [-0.15, -0.1) is 0 Å². The van der Waals surface area contributed by atoms with Crippen molar-refractivity contribution in [3.05, 3.63) is 52.1 Å². The zero-order valence-electron chi connectivity index (χ0n) is 16.3. The molecular weight excluding hydrogens is 292 g/mol. The minimum absolute atomic E-state index is 1.01. The molecule has 0 unspecified atom stereocenters. The van der Waals surface area contributed by atoms with Gasteiger partial charge in [0.15, 0.2) is 0 Å². The van der Waals surface area contributed by atoms with Crippen LogP contribution in [0, 0.1) is 13.8 Å². The molecule has 0 amide bonds. The molecule has 0 N–H and O–H groups in total. The van der Waals surface area contributed by atoms with Crippen LogP contribution in [0.2, 0.25) is 0 Å². The molecule has 0 spiro atoms. The van der Waals surface area contributed by atoms with Gasteiger partial charge in [0.05, 0.1) is 7.11 Å². The molecule has 2 aromatic carbocycles. The number of hydrogen-bond donors (Lipinski definition) is 0. The summed E-state index contributed by atoms with van der Waals surface area (Å²) in [4.78, 5) is 0. The average Bonchev–Trinajstić information content (AvgIpc) is 3.05. The lowest BCUT2D eigenvalue weighted by molar-refractivity contribution is 0.416. The Kier molecular flexibility index (Phi) is 6.48. The van der Waals surface area contributed by atoms with Crippen LogP contribution in [-0.4, -0.2) is 7.11 Å². The number of benzene rings is 2. The van der Waals surface area contributed by atoms with E-state index in [1.165, 1.54) is 52.6 Å². The van der Waals surface area contributed by atoms with Gasteiger partial charge < -0.3 is 4.74 Å². The second-order valence-electron chi connectivity index (χ2n) is 6.48. The highest BCUT2D eigenvalue weighted by molar-refractivity contribution is 5.78. The average molecular weight is 325 g/mol. The molecule has 1 nitrogen and oxygen atoms in total. The van der Waals surface area contributed by atoms with E-state index in [1.807, 2.05) is 13.8 Å². The van der Waals surface area contributed by atoms with Crippen molar-refractivity contribution in [1.82, 2.24) is 0 Å². The fourth-order valence-corrected chi connectivity index (χ4v) is 3.78. The Balaban J connectivity index is 0.00000100. The van der Waals surface area contributed by atoms with Crippen LogP contribution in [0.5, 0.6) is 5.75 Å². The van der Waals surface area contributed by atoms with Gasteiger partial charge in [0.2, 0.25) is 0 Å². The van der Waals surface area contributed by atoms with Crippen LogP contribution in [0.15, 0.2) is 24.3 Å². The number of hydrogen-bond acceptors (Lipinski definition) is 1. The van der Waals surface area contributed by atoms with E-state index in [1.54, 1.807) is 12.7 Å². The minimum atomic E-state index is 1.01. The summed E-state index contributed by atoms with van der Waals surface area (Å²) in [6.45, 7) is 10.7. The van der Waals surface area contributed by atoms with Crippen LogP contribution >= 0.6 is 0 Å². The molecule has 0 fully saturated rings. The SMILES string of the molecule is CC.CCCc1c(C)ccc(OC)c1-c1cc2c(cc1C)CCC2. The molecular formula is C23H32O. The third kappa shape index (κ3) is 3.50. The summed E-state index contributed by atoms with van der Waals surface area (Å²) >= 11 is 0. The molecule has 1 aliphatic carbocycles. The first-order valence-electron chi connectivity index (χ1n) is 9.45. The largest absolute Gasteiger partial charge is 0.496 e. The van der Waals surface area contributed by atoms with Crippen molar-refractivity contribution in [2.75, 3.05) is 7.11 Å². The third-order valence-electron chi connectivity index (χ3n) is 4.94. The van der Waals surface area contributed by atoms with E-state index in [9.17, 15) is 0 Å². The van der Waals surface area contributed by atoms with Crippen molar-refractivity contribution in [2.24, 2.45) is 0 Å². The Morgan fingerprint density at radius 2 is 1.62 bits per heavy atom. The van der Waals surface area contributed by atoms with Crippen molar-refractivity contribution >= 4 is 0 Å². The Bertz CT molecular complexity index is 698. The first kappa shape index (κ1) is 18.6. The second kappa shape index (κ2) is 8.37. The molecule has 0 aromatic heterocycles. The number of methoxy groups -OCH3 is 1. The monoisotopic (exact) mass is 324 g/mol. The minimum Gasteiger partial charge on any atom is -0.496 e. The van der Waals surface area contributed by atoms with Crippen LogP contribution in [0.4, 0.5) is 0 Å². The van der Waals surface area contributed by atoms with E-state index >= 15 is 0 Å².